The van der Waals surface area contributed by atoms with Crippen LogP contribution < -0.4 is 0 Å². The van der Waals surface area contributed by atoms with E-state index in [4.69, 9.17) is 9.47 Å². The lowest BCUT2D eigenvalue weighted by Crippen LogP contribution is -2.21. The van der Waals surface area contributed by atoms with Gasteiger partial charge in [0.05, 0.1) is 12.5 Å². The Labute approximate surface area is 103 Å². The Bertz CT molecular complexity index is 292. The fourth-order valence-corrected chi connectivity index (χ4v) is 0.943. The van der Waals surface area contributed by atoms with Crippen LogP contribution in [0, 0.1) is 5.92 Å². The van der Waals surface area contributed by atoms with Crippen LogP contribution in [0.1, 0.15) is 41.0 Å². The second-order valence-electron chi connectivity index (χ2n) is 4.30. The zero-order valence-electron chi connectivity index (χ0n) is 11.3. The maximum absolute atomic E-state index is 11.3. The second kappa shape index (κ2) is 7.87. The van der Waals surface area contributed by atoms with E-state index in [0.717, 1.165) is 0 Å². The van der Waals surface area contributed by atoms with E-state index < -0.39 is 0 Å². The Balaban J connectivity index is 3.83. The first-order chi connectivity index (χ1) is 7.88. The largest absolute Gasteiger partial charge is 0.462 e. The highest BCUT2D eigenvalue weighted by Gasteiger charge is 2.13. The van der Waals surface area contributed by atoms with Gasteiger partial charge in [0.15, 0.2) is 0 Å². The quantitative estimate of drug-likeness (QED) is 0.530. The van der Waals surface area contributed by atoms with E-state index >= 15 is 0 Å². The summed E-state index contributed by atoms with van der Waals surface area (Å²) < 4.78 is 10.1. The van der Waals surface area contributed by atoms with Gasteiger partial charge in [-0.1, -0.05) is 19.9 Å². The van der Waals surface area contributed by atoms with Crippen molar-refractivity contribution in [3.05, 3.63) is 11.6 Å². The zero-order valence-corrected chi connectivity index (χ0v) is 11.3. The Hall–Kier alpha value is -1.32. The molecule has 0 radical (unpaired) electrons. The molecule has 0 bridgehead atoms. The molecule has 0 aliphatic carbocycles. The molecule has 0 saturated heterocycles. The van der Waals surface area contributed by atoms with Crippen molar-refractivity contribution in [2.75, 3.05) is 6.61 Å². The van der Waals surface area contributed by atoms with Gasteiger partial charge in [-0.05, 0) is 20.8 Å². The van der Waals surface area contributed by atoms with Crippen LogP contribution in [0.15, 0.2) is 11.6 Å². The highest BCUT2D eigenvalue weighted by Crippen LogP contribution is 2.05. The molecular weight excluding hydrogens is 220 g/mol. The van der Waals surface area contributed by atoms with Gasteiger partial charge in [-0.15, -0.1) is 0 Å². The van der Waals surface area contributed by atoms with E-state index in [-0.39, 0.29) is 30.6 Å². The van der Waals surface area contributed by atoms with Crippen molar-refractivity contribution in [1.82, 2.24) is 0 Å². The maximum Gasteiger partial charge on any atom is 0.333 e. The van der Waals surface area contributed by atoms with Gasteiger partial charge in [0.25, 0.3) is 0 Å². The van der Waals surface area contributed by atoms with Gasteiger partial charge in [0.1, 0.15) is 6.10 Å². The second-order valence-corrected chi connectivity index (χ2v) is 4.30. The third kappa shape index (κ3) is 6.76. The van der Waals surface area contributed by atoms with Crippen LogP contribution in [0.2, 0.25) is 0 Å². The van der Waals surface area contributed by atoms with E-state index in [0.29, 0.717) is 12.0 Å². The summed E-state index contributed by atoms with van der Waals surface area (Å²) in [4.78, 5) is 22.6. The summed E-state index contributed by atoms with van der Waals surface area (Å²) in [6, 6.07) is 0. The average Bonchev–Trinajstić information content (AvgIpc) is 2.27. The maximum atomic E-state index is 11.3. The molecule has 0 saturated carbocycles. The molecule has 1 unspecified atom stereocenters. The standard InChI is InChI=1S/C13H22O4/c1-6-10(4)13(15)16-8-7-11(5)17-12(14)9(2)3/h6,9,11H,7-8H2,1-5H3. The van der Waals surface area contributed by atoms with Gasteiger partial charge in [-0.25, -0.2) is 4.79 Å². The van der Waals surface area contributed by atoms with E-state index in [1.165, 1.54) is 0 Å². The molecule has 0 spiro atoms. The molecule has 0 amide bonds. The summed E-state index contributed by atoms with van der Waals surface area (Å²) >= 11 is 0. The summed E-state index contributed by atoms with van der Waals surface area (Å²) in [7, 11) is 0. The van der Waals surface area contributed by atoms with Crippen molar-refractivity contribution in [2.45, 2.75) is 47.1 Å². The van der Waals surface area contributed by atoms with Crippen LogP contribution in [0.25, 0.3) is 0 Å². The molecule has 0 aromatic carbocycles. The predicted octanol–water partition coefficient (Wildman–Crippen LogP) is 2.47. The molecule has 0 rings (SSSR count). The Kier molecular flexibility index (Phi) is 7.26. The molecule has 0 aliphatic rings. The Morgan fingerprint density at radius 1 is 1.24 bits per heavy atom. The first-order valence-corrected chi connectivity index (χ1v) is 5.89. The number of hydrogen-bond acceptors (Lipinski definition) is 4. The van der Waals surface area contributed by atoms with Gasteiger partial charge in [-0.2, -0.15) is 0 Å². The topological polar surface area (TPSA) is 52.6 Å². The molecule has 0 aromatic rings. The lowest BCUT2D eigenvalue weighted by atomic mass is 10.2. The summed E-state index contributed by atoms with van der Waals surface area (Å²) in [5.74, 6) is -0.686. The molecule has 0 aromatic heterocycles. The minimum Gasteiger partial charge on any atom is -0.462 e. The number of ether oxygens (including phenoxy) is 2. The smallest absolute Gasteiger partial charge is 0.333 e. The van der Waals surface area contributed by atoms with Gasteiger partial charge in [0, 0.05) is 12.0 Å². The van der Waals surface area contributed by atoms with Crippen molar-refractivity contribution < 1.29 is 19.1 Å². The molecule has 0 N–H and O–H groups in total. The fourth-order valence-electron chi connectivity index (χ4n) is 0.943. The van der Waals surface area contributed by atoms with Crippen LogP contribution in [-0.4, -0.2) is 24.6 Å². The highest BCUT2D eigenvalue weighted by atomic mass is 16.6. The van der Waals surface area contributed by atoms with E-state index in [1.54, 1.807) is 40.7 Å². The third-order valence-electron chi connectivity index (χ3n) is 2.30. The number of rotatable bonds is 6. The van der Waals surface area contributed by atoms with Crippen LogP contribution >= 0.6 is 0 Å². The number of carbonyl (C=O) groups is 2. The van der Waals surface area contributed by atoms with Crippen molar-refractivity contribution in [3.63, 3.8) is 0 Å². The summed E-state index contributed by atoms with van der Waals surface area (Å²) in [6.07, 6.45) is 1.98. The Morgan fingerprint density at radius 3 is 2.29 bits per heavy atom. The van der Waals surface area contributed by atoms with Crippen LogP contribution in [0.3, 0.4) is 0 Å². The SMILES string of the molecule is CC=C(C)C(=O)OCCC(C)OC(=O)C(C)C. The molecule has 0 fully saturated rings. The first-order valence-electron chi connectivity index (χ1n) is 5.89. The zero-order chi connectivity index (χ0) is 13.4. The van der Waals surface area contributed by atoms with Crippen LogP contribution in [0.4, 0.5) is 0 Å². The van der Waals surface area contributed by atoms with E-state index in [1.807, 2.05) is 0 Å². The molecular formula is C13H22O4. The summed E-state index contributed by atoms with van der Waals surface area (Å²) in [5, 5.41) is 0. The number of esters is 2. The Morgan fingerprint density at radius 2 is 1.82 bits per heavy atom. The highest BCUT2D eigenvalue weighted by molar-refractivity contribution is 5.87. The van der Waals surface area contributed by atoms with Crippen molar-refractivity contribution in [1.29, 1.82) is 0 Å². The van der Waals surface area contributed by atoms with Crippen LogP contribution in [-0.2, 0) is 19.1 Å². The van der Waals surface area contributed by atoms with Crippen molar-refractivity contribution >= 4 is 11.9 Å². The summed E-state index contributed by atoms with van der Waals surface area (Å²) in [5.41, 5.74) is 0.580. The van der Waals surface area contributed by atoms with Gasteiger partial charge in [0.2, 0.25) is 0 Å². The van der Waals surface area contributed by atoms with Gasteiger partial charge >= 0.3 is 11.9 Å². The number of allylic oxidation sites excluding steroid dienone is 1. The van der Waals surface area contributed by atoms with Gasteiger partial charge in [-0.3, -0.25) is 4.79 Å². The molecule has 4 heteroatoms. The molecule has 1 atom stereocenters. The first kappa shape index (κ1) is 15.7. The number of carbonyl (C=O) groups excluding carboxylic acids is 2. The minimum atomic E-state index is -0.324. The lowest BCUT2D eigenvalue weighted by Gasteiger charge is -2.14. The third-order valence-corrected chi connectivity index (χ3v) is 2.30. The van der Waals surface area contributed by atoms with Crippen molar-refractivity contribution in [3.8, 4) is 0 Å². The van der Waals surface area contributed by atoms with Gasteiger partial charge < -0.3 is 9.47 Å². The molecule has 0 aliphatic heterocycles. The normalized spacial score (nSPS) is 13.4. The van der Waals surface area contributed by atoms with E-state index in [9.17, 15) is 9.59 Å². The van der Waals surface area contributed by atoms with Crippen molar-refractivity contribution in [2.24, 2.45) is 5.92 Å². The molecule has 17 heavy (non-hydrogen) atoms. The number of hydrogen-bond donors (Lipinski definition) is 0. The average molecular weight is 242 g/mol. The predicted molar refractivity (Wildman–Crippen MR) is 65.4 cm³/mol. The minimum absolute atomic E-state index is 0.134. The summed E-state index contributed by atoms with van der Waals surface area (Å²) in [6.45, 7) is 9.09. The van der Waals surface area contributed by atoms with E-state index in [2.05, 4.69) is 0 Å². The fraction of sp³-hybridized carbons (Fsp3) is 0.692. The molecule has 4 nitrogen and oxygen atoms in total. The lowest BCUT2D eigenvalue weighted by molar-refractivity contribution is -0.153. The molecule has 0 heterocycles. The molecule has 98 valence electrons. The van der Waals surface area contributed by atoms with Crippen LogP contribution in [0.5, 0.6) is 0 Å². The monoisotopic (exact) mass is 242 g/mol.